The van der Waals surface area contributed by atoms with Gasteiger partial charge in [0.15, 0.2) is 18.9 Å². The smallest absolute Gasteiger partial charge is 0.220 e. The van der Waals surface area contributed by atoms with Gasteiger partial charge in [0.25, 0.3) is 0 Å². The van der Waals surface area contributed by atoms with Gasteiger partial charge in [0, 0.05) is 6.42 Å². The van der Waals surface area contributed by atoms with Crippen LogP contribution in [-0.2, 0) is 33.2 Å². The van der Waals surface area contributed by atoms with E-state index >= 15 is 0 Å². The molecule has 582 valence electrons. The van der Waals surface area contributed by atoms with Crippen molar-refractivity contribution in [2.24, 2.45) is 0 Å². The molecule has 0 radical (unpaired) electrons. The van der Waals surface area contributed by atoms with Crippen molar-refractivity contribution in [2.75, 3.05) is 26.4 Å². The molecule has 0 aromatic rings. The van der Waals surface area contributed by atoms with Gasteiger partial charge in [-0.05, 0) is 44.9 Å². The second-order valence-electron chi connectivity index (χ2n) is 29.2. The number of carbonyl (C=O) groups excluding carboxylic acids is 1. The van der Waals surface area contributed by atoms with Crippen molar-refractivity contribution in [3.8, 4) is 0 Å². The molecule has 3 saturated heterocycles. The minimum absolute atomic E-state index is 0.236. The Morgan fingerprint density at radius 1 is 0.354 bits per heavy atom. The van der Waals surface area contributed by atoms with Gasteiger partial charge in [-0.2, -0.15) is 0 Å². The van der Waals surface area contributed by atoms with Crippen LogP contribution < -0.4 is 5.32 Å². The number of hydrogen-bond acceptors (Lipinski definition) is 18. The van der Waals surface area contributed by atoms with Gasteiger partial charge in [-0.3, -0.25) is 4.79 Å². The number of hydrogen-bond donors (Lipinski definition) is 12. The summed E-state index contributed by atoms with van der Waals surface area (Å²) in [6, 6.07) is -0.996. The first kappa shape index (κ1) is 91.2. The zero-order chi connectivity index (χ0) is 71.8. The number of ether oxygens (including phenoxy) is 6. The van der Waals surface area contributed by atoms with Gasteiger partial charge in [-0.1, -0.05) is 320 Å². The Kier molecular flexibility index (Phi) is 56.4. The fourth-order valence-corrected chi connectivity index (χ4v) is 13.9. The van der Waals surface area contributed by atoms with Gasteiger partial charge in [-0.25, -0.2) is 0 Å². The van der Waals surface area contributed by atoms with Crippen molar-refractivity contribution >= 4 is 5.91 Å². The van der Waals surface area contributed by atoms with Crippen LogP contribution in [0.4, 0.5) is 0 Å². The third-order valence-corrected chi connectivity index (χ3v) is 20.4. The maximum absolute atomic E-state index is 13.5. The van der Waals surface area contributed by atoms with E-state index in [2.05, 4.69) is 43.5 Å². The number of aliphatic hydroxyl groups excluding tert-OH is 11. The third-order valence-electron chi connectivity index (χ3n) is 20.4. The molecule has 0 aliphatic carbocycles. The van der Waals surface area contributed by atoms with E-state index in [1.54, 1.807) is 6.08 Å². The highest BCUT2D eigenvalue weighted by Gasteiger charge is 2.54. The molecular formula is C80H149NO18. The number of unbranched alkanes of at least 4 members (excludes halogenated alkanes) is 45. The van der Waals surface area contributed by atoms with Crippen molar-refractivity contribution < 1.29 is 89.4 Å². The highest BCUT2D eigenvalue weighted by Crippen LogP contribution is 2.33. The van der Waals surface area contributed by atoms with E-state index in [0.29, 0.717) is 12.8 Å². The van der Waals surface area contributed by atoms with E-state index in [-0.39, 0.29) is 18.9 Å². The summed E-state index contributed by atoms with van der Waals surface area (Å²) in [5, 5.41) is 121. The van der Waals surface area contributed by atoms with Crippen LogP contribution in [0, 0.1) is 0 Å². The molecule has 17 unspecified atom stereocenters. The second kappa shape index (κ2) is 61.2. The standard InChI is InChI=1S/C80H149NO18/c1-3-5-7-9-11-13-15-17-19-21-23-25-26-27-28-29-30-31-32-33-34-35-36-38-39-41-43-45-47-49-51-53-55-57-64(85)63(81-68(86)58-56-54-52-50-48-46-44-42-40-37-24-22-20-18-16-14-12-10-8-6-4-2)62-94-78-74(92)71(89)76(66(60-83)96-78)99-80-75(93)72(90)77(67(61-84)97-80)98-79-73(91)70(88)69(87)65(59-82)95-79/h39,41,47,49,55,57,63-67,69-80,82-85,87-93H,3-38,40,42-46,48,50-54,56,58-62H2,1-2H3,(H,81,86)/b41-39+,49-47+,57-55+. The van der Waals surface area contributed by atoms with Gasteiger partial charge in [0.05, 0.1) is 38.6 Å². The first-order chi connectivity index (χ1) is 48.3. The Morgan fingerprint density at radius 2 is 0.646 bits per heavy atom. The predicted molar refractivity (Wildman–Crippen MR) is 393 cm³/mol. The summed E-state index contributed by atoms with van der Waals surface area (Å²) in [7, 11) is 0. The van der Waals surface area contributed by atoms with Gasteiger partial charge >= 0.3 is 0 Å². The second-order valence-corrected chi connectivity index (χ2v) is 29.2. The highest BCUT2D eigenvalue weighted by molar-refractivity contribution is 5.76. The fraction of sp³-hybridized carbons (Fsp3) is 0.912. The summed E-state index contributed by atoms with van der Waals surface area (Å²) in [6.07, 6.45) is 48.6. The normalized spacial score (nSPS) is 26.7. The minimum atomic E-state index is -1.98. The molecule has 99 heavy (non-hydrogen) atoms. The quantitative estimate of drug-likeness (QED) is 0.0199. The molecule has 12 N–H and O–H groups in total. The summed E-state index contributed by atoms with van der Waals surface area (Å²) in [5.74, 6) is -0.283. The molecule has 3 heterocycles. The van der Waals surface area contributed by atoms with Crippen LogP contribution in [0.2, 0.25) is 0 Å². The molecule has 3 aliphatic heterocycles. The number of aliphatic hydroxyl groups is 11. The van der Waals surface area contributed by atoms with Crippen molar-refractivity contribution in [2.45, 2.75) is 439 Å². The summed E-state index contributed by atoms with van der Waals surface area (Å²) in [5.41, 5.74) is 0. The van der Waals surface area contributed by atoms with E-state index in [1.807, 2.05) is 6.08 Å². The molecule has 3 aliphatic rings. The van der Waals surface area contributed by atoms with E-state index in [9.17, 15) is 61.0 Å². The molecule has 19 heteroatoms. The van der Waals surface area contributed by atoms with E-state index < -0.39 is 124 Å². The molecule has 0 saturated carbocycles. The lowest BCUT2D eigenvalue weighted by Gasteiger charge is -2.48. The highest BCUT2D eigenvalue weighted by atomic mass is 16.8. The topological polar surface area (TPSA) is 307 Å². The monoisotopic (exact) mass is 1410 g/mol. The summed E-state index contributed by atoms with van der Waals surface area (Å²) in [4.78, 5) is 13.5. The van der Waals surface area contributed by atoms with Crippen LogP contribution in [-0.4, -0.2) is 193 Å². The maximum atomic E-state index is 13.5. The van der Waals surface area contributed by atoms with Crippen molar-refractivity contribution in [3.05, 3.63) is 36.5 Å². The Balaban J connectivity index is 1.38. The molecule has 0 bridgehead atoms. The van der Waals surface area contributed by atoms with E-state index in [4.69, 9.17) is 28.4 Å². The first-order valence-corrected chi connectivity index (χ1v) is 40.7. The Labute approximate surface area is 600 Å². The lowest BCUT2D eigenvalue weighted by atomic mass is 9.96. The van der Waals surface area contributed by atoms with E-state index in [1.165, 1.54) is 257 Å². The van der Waals surface area contributed by atoms with Crippen LogP contribution in [0.5, 0.6) is 0 Å². The summed E-state index contributed by atoms with van der Waals surface area (Å²) >= 11 is 0. The van der Waals surface area contributed by atoms with Gasteiger partial charge < -0.3 is 89.9 Å². The average Bonchev–Trinajstić information content (AvgIpc) is 0.783. The zero-order valence-corrected chi connectivity index (χ0v) is 62.2. The minimum Gasteiger partial charge on any atom is -0.394 e. The van der Waals surface area contributed by atoms with Gasteiger partial charge in [0.2, 0.25) is 5.91 Å². The lowest BCUT2D eigenvalue weighted by Crippen LogP contribution is -2.66. The summed E-state index contributed by atoms with van der Waals surface area (Å²) in [6.45, 7) is 1.76. The predicted octanol–water partition coefficient (Wildman–Crippen LogP) is 13.5. The molecule has 3 rings (SSSR count). The Morgan fingerprint density at radius 3 is 1.01 bits per heavy atom. The van der Waals surface area contributed by atoms with Crippen LogP contribution >= 0.6 is 0 Å². The van der Waals surface area contributed by atoms with Crippen molar-refractivity contribution in [1.82, 2.24) is 5.32 Å². The molecule has 3 fully saturated rings. The summed E-state index contributed by atoms with van der Waals surface area (Å²) < 4.78 is 34.4. The largest absolute Gasteiger partial charge is 0.394 e. The first-order valence-electron chi connectivity index (χ1n) is 40.7. The number of allylic oxidation sites excluding steroid dienone is 5. The average molecular weight is 1410 g/mol. The van der Waals surface area contributed by atoms with Gasteiger partial charge in [-0.15, -0.1) is 0 Å². The number of rotatable bonds is 65. The zero-order valence-electron chi connectivity index (χ0n) is 62.2. The number of nitrogens with one attached hydrogen (secondary N) is 1. The Bertz CT molecular complexity index is 1930. The maximum Gasteiger partial charge on any atom is 0.220 e. The molecule has 19 nitrogen and oxygen atoms in total. The third kappa shape index (κ3) is 41.5. The molecule has 0 spiro atoms. The fourth-order valence-electron chi connectivity index (χ4n) is 13.9. The SMILES string of the molecule is CCCCCCCCCCCCCCCCCCCCCCCCC/C=C/CC/C=C/CC/C=C/C(O)C(COC1OC(CO)C(OC2OC(CO)C(OC3OC(CO)C(O)C(O)C3O)C(O)C2O)C(O)C1O)NC(=O)CCCCCCCCCCCCCCCCCCCCCCC. The lowest BCUT2D eigenvalue weighted by molar-refractivity contribution is -0.379. The number of amides is 1. The van der Waals surface area contributed by atoms with Gasteiger partial charge in [0.1, 0.15) is 73.2 Å². The van der Waals surface area contributed by atoms with E-state index in [0.717, 1.165) is 44.9 Å². The molecular weight excluding hydrogens is 1260 g/mol. The molecule has 1 amide bonds. The van der Waals surface area contributed by atoms with Crippen LogP contribution in [0.15, 0.2) is 36.5 Å². The molecule has 0 aromatic heterocycles. The molecule has 17 atom stereocenters. The Hall–Kier alpha value is -1.99. The van der Waals surface area contributed by atoms with Crippen LogP contribution in [0.1, 0.15) is 335 Å². The van der Waals surface area contributed by atoms with Crippen LogP contribution in [0.3, 0.4) is 0 Å². The van der Waals surface area contributed by atoms with Crippen molar-refractivity contribution in [3.63, 3.8) is 0 Å². The van der Waals surface area contributed by atoms with Crippen molar-refractivity contribution in [1.29, 1.82) is 0 Å². The number of carbonyl (C=O) groups is 1. The van der Waals surface area contributed by atoms with Crippen LogP contribution in [0.25, 0.3) is 0 Å². The molecule has 0 aromatic carbocycles.